The summed E-state index contributed by atoms with van der Waals surface area (Å²) >= 11 is 0. The second kappa shape index (κ2) is 10.3. The number of amides is 1. The highest BCUT2D eigenvalue weighted by Gasteiger charge is 2.30. The molecule has 37 heavy (non-hydrogen) atoms. The van der Waals surface area contributed by atoms with Gasteiger partial charge >= 0.3 is 0 Å². The minimum absolute atomic E-state index is 0.00737. The van der Waals surface area contributed by atoms with E-state index < -0.39 is 0 Å². The summed E-state index contributed by atoms with van der Waals surface area (Å²) in [5.41, 5.74) is 4.03. The number of aryl methyl sites for hydroxylation is 1. The van der Waals surface area contributed by atoms with Gasteiger partial charge in [0.15, 0.2) is 11.2 Å². The number of carbonyl (C=O) groups is 1. The summed E-state index contributed by atoms with van der Waals surface area (Å²) in [5.74, 6) is 0.665. The van der Waals surface area contributed by atoms with Gasteiger partial charge in [0.1, 0.15) is 0 Å². The average Bonchev–Trinajstić information content (AvgIpc) is 3.56. The van der Waals surface area contributed by atoms with Crippen LogP contribution in [0.25, 0.3) is 27.8 Å². The van der Waals surface area contributed by atoms with Gasteiger partial charge in [-0.1, -0.05) is 11.3 Å². The molecule has 2 N–H and O–H groups in total. The summed E-state index contributed by atoms with van der Waals surface area (Å²) in [6.07, 6.45) is 4.20. The molecule has 1 saturated heterocycles. The van der Waals surface area contributed by atoms with Gasteiger partial charge in [-0.05, 0) is 50.5 Å². The van der Waals surface area contributed by atoms with Crippen LogP contribution < -0.4 is 10.6 Å². The van der Waals surface area contributed by atoms with E-state index in [1.807, 2.05) is 31.2 Å². The van der Waals surface area contributed by atoms with Crippen molar-refractivity contribution in [3.05, 3.63) is 42.2 Å². The molecule has 1 amide bonds. The van der Waals surface area contributed by atoms with E-state index in [9.17, 15) is 4.79 Å². The maximum Gasteiger partial charge on any atom is 0.225 e. The third-order valence-corrected chi connectivity index (χ3v) is 7.22. The van der Waals surface area contributed by atoms with Gasteiger partial charge in [-0.2, -0.15) is 9.67 Å². The van der Waals surface area contributed by atoms with Crippen molar-refractivity contribution in [2.75, 3.05) is 44.7 Å². The molecule has 11 nitrogen and oxygen atoms in total. The van der Waals surface area contributed by atoms with Gasteiger partial charge in [-0.25, -0.2) is 4.98 Å². The third kappa shape index (κ3) is 5.23. The monoisotopic (exact) mass is 501 g/mol. The van der Waals surface area contributed by atoms with Gasteiger partial charge in [0.05, 0.1) is 30.6 Å². The molecule has 6 rings (SSSR count). The number of pyridine rings is 1. The Morgan fingerprint density at radius 1 is 1.11 bits per heavy atom. The highest BCUT2D eigenvalue weighted by Crippen LogP contribution is 2.28. The molecule has 0 radical (unpaired) electrons. The quantitative estimate of drug-likeness (QED) is 0.392. The van der Waals surface area contributed by atoms with Gasteiger partial charge in [0, 0.05) is 49.2 Å². The van der Waals surface area contributed by atoms with Crippen LogP contribution in [0.15, 0.2) is 36.5 Å². The topological polar surface area (TPSA) is 123 Å². The SMILES string of the molecule is Cc1ccc2cc(-n3nnc4cnc(N[C@@H]5CCC(C(=O)NCCN6CCOCC6)C5)nc43)ccc2n1. The average molecular weight is 502 g/mol. The molecule has 2 aliphatic rings. The second-order valence-corrected chi connectivity index (χ2v) is 9.83. The van der Waals surface area contributed by atoms with Crippen LogP contribution in [0.4, 0.5) is 5.95 Å². The zero-order valence-electron chi connectivity index (χ0n) is 20.9. The van der Waals surface area contributed by atoms with Crippen LogP contribution >= 0.6 is 0 Å². The molecule has 0 bridgehead atoms. The van der Waals surface area contributed by atoms with Gasteiger partial charge in [-0.3, -0.25) is 14.7 Å². The van der Waals surface area contributed by atoms with Crippen molar-refractivity contribution in [2.45, 2.75) is 32.2 Å². The number of ether oxygens (including phenoxy) is 1. The zero-order valence-corrected chi connectivity index (χ0v) is 20.9. The fourth-order valence-electron chi connectivity index (χ4n) is 5.16. The number of carbonyl (C=O) groups excluding carboxylic acids is 1. The summed E-state index contributed by atoms with van der Waals surface area (Å²) in [6, 6.07) is 10.2. The number of nitrogens with zero attached hydrogens (tertiary/aromatic N) is 7. The van der Waals surface area contributed by atoms with Crippen LogP contribution in [-0.2, 0) is 9.53 Å². The van der Waals surface area contributed by atoms with Crippen molar-refractivity contribution in [1.82, 2.24) is 40.2 Å². The predicted octanol–water partition coefficient (Wildman–Crippen LogP) is 2.10. The standard InChI is InChI=1S/C26H31N9O2/c1-17-2-3-18-15-21(6-7-22(18)29-17)35-24-23(32-33-35)16-28-26(31-24)30-20-5-4-19(14-20)25(36)27-8-9-34-10-12-37-13-11-34/h2-3,6-7,15-16,19-20H,4-5,8-14H2,1H3,(H,27,36)(H,28,30,31)/t19?,20-/m1/s1. The molecular formula is C26H31N9O2. The van der Waals surface area contributed by atoms with Crippen molar-refractivity contribution in [1.29, 1.82) is 0 Å². The molecule has 1 aromatic carbocycles. The van der Waals surface area contributed by atoms with Crippen LogP contribution in [0, 0.1) is 12.8 Å². The van der Waals surface area contributed by atoms with E-state index in [1.165, 1.54) is 0 Å². The molecule has 1 aliphatic carbocycles. The van der Waals surface area contributed by atoms with Gasteiger partial charge in [0.25, 0.3) is 0 Å². The number of hydrogen-bond acceptors (Lipinski definition) is 9. The Morgan fingerprint density at radius 2 is 2.00 bits per heavy atom. The molecule has 4 aromatic rings. The van der Waals surface area contributed by atoms with Crippen molar-refractivity contribution < 1.29 is 9.53 Å². The zero-order chi connectivity index (χ0) is 25.2. The van der Waals surface area contributed by atoms with Crippen molar-refractivity contribution in [2.24, 2.45) is 5.92 Å². The summed E-state index contributed by atoms with van der Waals surface area (Å²) in [6.45, 7) is 6.93. The molecule has 4 heterocycles. The van der Waals surface area contributed by atoms with Crippen LogP contribution in [0.5, 0.6) is 0 Å². The minimum Gasteiger partial charge on any atom is -0.379 e. The highest BCUT2D eigenvalue weighted by molar-refractivity contribution is 5.82. The fraction of sp³-hybridized carbons (Fsp3) is 0.462. The second-order valence-electron chi connectivity index (χ2n) is 9.83. The smallest absolute Gasteiger partial charge is 0.225 e. The number of hydrogen-bond donors (Lipinski definition) is 2. The van der Waals surface area contributed by atoms with E-state index in [-0.39, 0.29) is 17.9 Å². The van der Waals surface area contributed by atoms with Crippen molar-refractivity contribution >= 4 is 33.9 Å². The molecular weight excluding hydrogens is 470 g/mol. The first-order chi connectivity index (χ1) is 18.1. The van der Waals surface area contributed by atoms with Crippen molar-refractivity contribution in [3.63, 3.8) is 0 Å². The van der Waals surface area contributed by atoms with Gasteiger partial charge < -0.3 is 15.4 Å². The molecule has 1 unspecified atom stereocenters. The molecule has 3 aromatic heterocycles. The van der Waals surface area contributed by atoms with E-state index in [0.717, 1.165) is 74.4 Å². The van der Waals surface area contributed by atoms with Crippen LogP contribution in [-0.4, -0.2) is 86.2 Å². The molecule has 2 atom stereocenters. The van der Waals surface area contributed by atoms with Gasteiger partial charge in [-0.15, -0.1) is 5.10 Å². The number of morpholine rings is 1. The Balaban J connectivity index is 1.09. The van der Waals surface area contributed by atoms with Crippen LogP contribution in [0.1, 0.15) is 25.0 Å². The number of benzene rings is 1. The number of aromatic nitrogens is 6. The van der Waals surface area contributed by atoms with E-state index in [2.05, 4.69) is 41.9 Å². The minimum atomic E-state index is 0.00737. The maximum absolute atomic E-state index is 12.7. The summed E-state index contributed by atoms with van der Waals surface area (Å²) < 4.78 is 7.10. The Hall–Kier alpha value is -3.70. The molecule has 192 valence electrons. The molecule has 11 heteroatoms. The van der Waals surface area contributed by atoms with E-state index in [0.29, 0.717) is 23.7 Å². The Morgan fingerprint density at radius 3 is 2.89 bits per heavy atom. The molecule has 1 saturated carbocycles. The lowest BCUT2D eigenvalue weighted by Crippen LogP contribution is -2.42. The lowest BCUT2D eigenvalue weighted by molar-refractivity contribution is -0.124. The summed E-state index contributed by atoms with van der Waals surface area (Å²) in [7, 11) is 0. The Labute approximate surface area is 214 Å². The Kier molecular flexibility index (Phi) is 6.62. The van der Waals surface area contributed by atoms with Crippen molar-refractivity contribution in [3.8, 4) is 5.69 Å². The van der Waals surface area contributed by atoms with E-state index in [4.69, 9.17) is 9.72 Å². The fourth-order valence-corrected chi connectivity index (χ4v) is 5.16. The molecule has 0 spiro atoms. The maximum atomic E-state index is 12.7. The lowest BCUT2D eigenvalue weighted by Gasteiger charge is -2.26. The predicted molar refractivity (Wildman–Crippen MR) is 140 cm³/mol. The largest absolute Gasteiger partial charge is 0.379 e. The Bertz CT molecular complexity index is 1420. The van der Waals surface area contributed by atoms with Crippen LogP contribution in [0.2, 0.25) is 0 Å². The highest BCUT2D eigenvalue weighted by atomic mass is 16.5. The molecule has 1 aliphatic heterocycles. The molecule has 2 fully saturated rings. The third-order valence-electron chi connectivity index (χ3n) is 7.22. The first kappa shape index (κ1) is 23.7. The lowest BCUT2D eigenvalue weighted by atomic mass is 10.1. The first-order valence-corrected chi connectivity index (χ1v) is 12.9. The number of anilines is 1. The van der Waals surface area contributed by atoms with Gasteiger partial charge in [0.2, 0.25) is 11.9 Å². The van der Waals surface area contributed by atoms with Crippen LogP contribution in [0.3, 0.4) is 0 Å². The number of nitrogens with one attached hydrogen (secondary N) is 2. The van der Waals surface area contributed by atoms with E-state index >= 15 is 0 Å². The number of fused-ring (bicyclic) bond motifs is 2. The first-order valence-electron chi connectivity index (χ1n) is 12.9. The summed E-state index contributed by atoms with van der Waals surface area (Å²) in [5, 5.41) is 16.1. The summed E-state index contributed by atoms with van der Waals surface area (Å²) in [4.78, 5) is 28.8. The normalized spacial score (nSPS) is 20.5. The van der Waals surface area contributed by atoms with E-state index in [1.54, 1.807) is 10.9 Å². The number of rotatable bonds is 7.